The Morgan fingerprint density at radius 1 is 1.00 bits per heavy atom. The SMILES string of the molecule is Cc1ccc(-c2c(F)cccc2Cl)cc1C. The molecule has 2 aromatic carbocycles. The van der Waals surface area contributed by atoms with Crippen LogP contribution >= 0.6 is 11.6 Å². The molecule has 0 aliphatic rings. The van der Waals surface area contributed by atoms with Crippen LogP contribution in [0.5, 0.6) is 0 Å². The van der Waals surface area contributed by atoms with Crippen molar-refractivity contribution in [1.29, 1.82) is 0 Å². The van der Waals surface area contributed by atoms with E-state index in [1.807, 2.05) is 32.0 Å². The molecule has 0 aromatic heterocycles. The minimum absolute atomic E-state index is 0.282. The molecule has 0 unspecified atom stereocenters. The fraction of sp³-hybridized carbons (Fsp3) is 0.143. The number of halogens is 2. The van der Waals surface area contributed by atoms with Gasteiger partial charge in [-0.1, -0.05) is 35.9 Å². The number of rotatable bonds is 1. The predicted octanol–water partition coefficient (Wildman–Crippen LogP) is 4.76. The third-order valence-electron chi connectivity index (χ3n) is 2.76. The molecule has 0 amide bonds. The van der Waals surface area contributed by atoms with Crippen LogP contribution in [0.25, 0.3) is 11.1 Å². The first kappa shape index (κ1) is 11.2. The van der Waals surface area contributed by atoms with Crippen LogP contribution in [-0.4, -0.2) is 0 Å². The van der Waals surface area contributed by atoms with E-state index in [4.69, 9.17) is 11.6 Å². The van der Waals surface area contributed by atoms with Crippen molar-refractivity contribution in [3.63, 3.8) is 0 Å². The van der Waals surface area contributed by atoms with Crippen LogP contribution in [0.1, 0.15) is 11.1 Å². The van der Waals surface area contributed by atoms with Crippen molar-refractivity contribution < 1.29 is 4.39 Å². The molecule has 0 atom stereocenters. The Bertz CT molecular complexity index is 512. The fourth-order valence-corrected chi connectivity index (χ4v) is 1.94. The zero-order chi connectivity index (χ0) is 11.7. The first-order chi connectivity index (χ1) is 7.59. The summed E-state index contributed by atoms with van der Waals surface area (Å²) in [6.45, 7) is 4.04. The normalized spacial score (nSPS) is 10.5. The second kappa shape index (κ2) is 4.26. The van der Waals surface area contributed by atoms with Gasteiger partial charge in [0.15, 0.2) is 0 Å². The molecular weight excluding hydrogens is 223 g/mol. The Hall–Kier alpha value is -1.34. The lowest BCUT2D eigenvalue weighted by Gasteiger charge is -2.08. The Kier molecular flexibility index (Phi) is 2.97. The molecule has 0 bridgehead atoms. The van der Waals surface area contributed by atoms with Gasteiger partial charge in [0.1, 0.15) is 5.82 Å². The highest BCUT2D eigenvalue weighted by atomic mass is 35.5. The highest BCUT2D eigenvalue weighted by Crippen LogP contribution is 2.31. The lowest BCUT2D eigenvalue weighted by molar-refractivity contribution is 0.631. The standard InChI is InChI=1S/C14H12ClF/c1-9-6-7-11(8-10(9)2)14-12(15)4-3-5-13(14)16/h3-8H,1-2H3. The zero-order valence-corrected chi connectivity index (χ0v) is 9.98. The van der Waals surface area contributed by atoms with Gasteiger partial charge in [-0.05, 0) is 42.7 Å². The van der Waals surface area contributed by atoms with Gasteiger partial charge in [0, 0.05) is 5.56 Å². The van der Waals surface area contributed by atoms with Gasteiger partial charge in [-0.25, -0.2) is 4.39 Å². The molecule has 0 nitrogen and oxygen atoms in total. The third-order valence-corrected chi connectivity index (χ3v) is 3.07. The molecule has 0 aliphatic carbocycles. The van der Waals surface area contributed by atoms with E-state index >= 15 is 0 Å². The van der Waals surface area contributed by atoms with Gasteiger partial charge in [0.25, 0.3) is 0 Å². The van der Waals surface area contributed by atoms with Gasteiger partial charge in [-0.15, -0.1) is 0 Å². The molecule has 2 rings (SSSR count). The van der Waals surface area contributed by atoms with Crippen molar-refractivity contribution in [3.8, 4) is 11.1 Å². The quantitative estimate of drug-likeness (QED) is 0.667. The van der Waals surface area contributed by atoms with Crippen LogP contribution in [0.4, 0.5) is 4.39 Å². The van der Waals surface area contributed by atoms with E-state index in [2.05, 4.69) is 0 Å². The smallest absolute Gasteiger partial charge is 0.132 e. The molecule has 0 heterocycles. The van der Waals surface area contributed by atoms with Crippen LogP contribution in [-0.2, 0) is 0 Å². The van der Waals surface area contributed by atoms with Gasteiger partial charge in [0.05, 0.1) is 5.02 Å². The van der Waals surface area contributed by atoms with Crippen LogP contribution in [0.15, 0.2) is 36.4 Å². The highest BCUT2D eigenvalue weighted by molar-refractivity contribution is 6.33. The van der Waals surface area contributed by atoms with Crippen LogP contribution in [0.3, 0.4) is 0 Å². The molecule has 0 N–H and O–H groups in total. The number of benzene rings is 2. The van der Waals surface area contributed by atoms with Crippen LogP contribution in [0, 0.1) is 19.7 Å². The monoisotopic (exact) mass is 234 g/mol. The molecular formula is C14H12ClF. The van der Waals surface area contributed by atoms with Crippen molar-refractivity contribution >= 4 is 11.6 Å². The van der Waals surface area contributed by atoms with Crippen molar-refractivity contribution in [3.05, 3.63) is 58.4 Å². The Labute approximate surface area is 99.7 Å². The summed E-state index contributed by atoms with van der Waals surface area (Å²) in [5.74, 6) is -0.282. The molecule has 2 aromatic rings. The van der Waals surface area contributed by atoms with Crippen LogP contribution in [0.2, 0.25) is 5.02 Å². The zero-order valence-electron chi connectivity index (χ0n) is 9.22. The van der Waals surface area contributed by atoms with Gasteiger partial charge in [0.2, 0.25) is 0 Å². The lowest BCUT2D eigenvalue weighted by Crippen LogP contribution is -1.88. The molecule has 82 valence electrons. The lowest BCUT2D eigenvalue weighted by atomic mass is 10.00. The number of aryl methyl sites for hydroxylation is 2. The summed E-state index contributed by atoms with van der Waals surface area (Å²) in [4.78, 5) is 0. The molecule has 0 saturated carbocycles. The van der Waals surface area contributed by atoms with Crippen molar-refractivity contribution in [2.75, 3.05) is 0 Å². The highest BCUT2D eigenvalue weighted by Gasteiger charge is 2.09. The summed E-state index contributed by atoms with van der Waals surface area (Å²) >= 11 is 6.02. The van der Waals surface area contributed by atoms with E-state index < -0.39 is 0 Å². The first-order valence-corrected chi connectivity index (χ1v) is 5.49. The second-order valence-corrected chi connectivity index (χ2v) is 4.30. The summed E-state index contributed by atoms with van der Waals surface area (Å²) in [7, 11) is 0. The van der Waals surface area contributed by atoms with Gasteiger partial charge < -0.3 is 0 Å². The maximum atomic E-state index is 13.7. The van der Waals surface area contributed by atoms with E-state index in [0.717, 1.165) is 11.1 Å². The maximum Gasteiger partial charge on any atom is 0.132 e. The Morgan fingerprint density at radius 2 is 1.75 bits per heavy atom. The summed E-state index contributed by atoms with van der Waals surface area (Å²) in [6, 6.07) is 10.6. The largest absolute Gasteiger partial charge is 0.206 e. The van der Waals surface area contributed by atoms with Crippen molar-refractivity contribution in [2.45, 2.75) is 13.8 Å². The van der Waals surface area contributed by atoms with Crippen molar-refractivity contribution in [2.24, 2.45) is 0 Å². The number of hydrogen-bond donors (Lipinski definition) is 0. The van der Waals surface area contributed by atoms with Crippen LogP contribution < -0.4 is 0 Å². The van der Waals surface area contributed by atoms with E-state index in [9.17, 15) is 4.39 Å². The minimum Gasteiger partial charge on any atom is -0.206 e. The summed E-state index contributed by atoms with van der Waals surface area (Å²) in [6.07, 6.45) is 0. The van der Waals surface area contributed by atoms with Gasteiger partial charge in [-0.2, -0.15) is 0 Å². The topological polar surface area (TPSA) is 0 Å². The Morgan fingerprint density at radius 3 is 2.38 bits per heavy atom. The fourth-order valence-electron chi connectivity index (χ4n) is 1.67. The summed E-state index contributed by atoms with van der Waals surface area (Å²) in [5.41, 5.74) is 3.63. The average molecular weight is 235 g/mol. The number of hydrogen-bond acceptors (Lipinski definition) is 0. The first-order valence-electron chi connectivity index (χ1n) is 5.11. The van der Waals surface area contributed by atoms with Crippen molar-refractivity contribution in [1.82, 2.24) is 0 Å². The summed E-state index contributed by atoms with van der Waals surface area (Å²) < 4.78 is 13.7. The van der Waals surface area contributed by atoms with Gasteiger partial charge in [-0.3, -0.25) is 0 Å². The van der Waals surface area contributed by atoms with E-state index in [-0.39, 0.29) is 5.82 Å². The van der Waals surface area contributed by atoms with E-state index in [1.54, 1.807) is 12.1 Å². The molecule has 0 fully saturated rings. The molecule has 0 spiro atoms. The third kappa shape index (κ3) is 1.96. The maximum absolute atomic E-state index is 13.7. The Balaban J connectivity index is 2.63. The predicted molar refractivity (Wildman–Crippen MR) is 66.3 cm³/mol. The molecule has 0 aliphatic heterocycles. The molecule has 16 heavy (non-hydrogen) atoms. The van der Waals surface area contributed by atoms with E-state index in [0.29, 0.717) is 10.6 Å². The minimum atomic E-state index is -0.282. The average Bonchev–Trinajstić information content (AvgIpc) is 2.23. The molecule has 0 radical (unpaired) electrons. The second-order valence-electron chi connectivity index (χ2n) is 3.90. The summed E-state index contributed by atoms with van der Waals surface area (Å²) in [5, 5.41) is 0.447. The molecule has 2 heteroatoms. The van der Waals surface area contributed by atoms with E-state index in [1.165, 1.54) is 11.6 Å². The molecule has 0 saturated heterocycles. The van der Waals surface area contributed by atoms with Gasteiger partial charge >= 0.3 is 0 Å².